The van der Waals surface area contributed by atoms with Crippen LogP contribution in [0.4, 0.5) is 5.82 Å². The maximum Gasteiger partial charge on any atom is 0.147 e. The van der Waals surface area contributed by atoms with Crippen molar-refractivity contribution in [3.8, 4) is 6.07 Å². The fraction of sp³-hybridized carbons (Fsp3) is 0.571. The maximum atomic E-state index is 9.30. The molecule has 18 heavy (non-hydrogen) atoms. The number of anilines is 1. The van der Waals surface area contributed by atoms with Crippen molar-refractivity contribution < 1.29 is 0 Å². The van der Waals surface area contributed by atoms with Crippen LogP contribution in [0.15, 0.2) is 6.07 Å². The first-order chi connectivity index (χ1) is 8.51. The number of aromatic nitrogens is 1. The van der Waals surface area contributed by atoms with Crippen molar-refractivity contribution in [2.45, 2.75) is 33.2 Å². The van der Waals surface area contributed by atoms with Gasteiger partial charge in [0.05, 0.1) is 5.56 Å². The van der Waals surface area contributed by atoms with E-state index < -0.39 is 0 Å². The van der Waals surface area contributed by atoms with Gasteiger partial charge in [-0.15, -0.1) is 0 Å². The summed E-state index contributed by atoms with van der Waals surface area (Å²) in [7, 11) is 0. The predicted molar refractivity (Wildman–Crippen MR) is 72.4 cm³/mol. The topological polar surface area (TPSA) is 65.9 Å². The standard InChI is InChI=1S/C14H20N4/c1-9-4-12(16)8-18(7-9)14-13(6-15)10(2)5-11(3)17-14/h5,9,12H,4,7-8,16H2,1-3H3. The Morgan fingerprint density at radius 2 is 2.17 bits per heavy atom. The summed E-state index contributed by atoms with van der Waals surface area (Å²) in [5.41, 5.74) is 8.70. The first kappa shape index (κ1) is 12.8. The highest BCUT2D eigenvalue weighted by molar-refractivity contribution is 5.58. The Hall–Kier alpha value is -1.60. The average Bonchev–Trinajstić information content (AvgIpc) is 2.26. The van der Waals surface area contributed by atoms with Gasteiger partial charge >= 0.3 is 0 Å². The molecule has 0 saturated carbocycles. The third-order valence-electron chi connectivity index (χ3n) is 3.43. The number of hydrogen-bond donors (Lipinski definition) is 1. The second kappa shape index (κ2) is 4.95. The minimum Gasteiger partial charge on any atom is -0.354 e. The largest absolute Gasteiger partial charge is 0.354 e. The summed E-state index contributed by atoms with van der Waals surface area (Å²) in [6, 6.07) is 4.40. The number of rotatable bonds is 1. The zero-order valence-electron chi connectivity index (χ0n) is 11.3. The van der Waals surface area contributed by atoms with Crippen molar-refractivity contribution >= 4 is 5.82 Å². The molecule has 0 amide bonds. The van der Waals surface area contributed by atoms with Gasteiger partial charge in [-0.3, -0.25) is 0 Å². The summed E-state index contributed by atoms with van der Waals surface area (Å²) < 4.78 is 0. The first-order valence-electron chi connectivity index (χ1n) is 6.40. The summed E-state index contributed by atoms with van der Waals surface area (Å²) in [6.07, 6.45) is 1.04. The number of nitrogens with zero attached hydrogens (tertiary/aromatic N) is 3. The molecule has 96 valence electrons. The third kappa shape index (κ3) is 2.46. The lowest BCUT2D eigenvalue weighted by Crippen LogP contribution is -2.47. The smallest absolute Gasteiger partial charge is 0.147 e. The summed E-state index contributed by atoms with van der Waals surface area (Å²) in [5.74, 6) is 1.35. The summed E-state index contributed by atoms with van der Waals surface area (Å²) in [6.45, 7) is 7.84. The molecule has 1 aromatic rings. The van der Waals surface area contributed by atoms with Crippen molar-refractivity contribution in [1.29, 1.82) is 5.26 Å². The van der Waals surface area contributed by atoms with E-state index in [-0.39, 0.29) is 6.04 Å². The van der Waals surface area contributed by atoms with E-state index in [1.54, 1.807) is 0 Å². The van der Waals surface area contributed by atoms with Crippen LogP contribution in [-0.4, -0.2) is 24.1 Å². The Morgan fingerprint density at radius 3 is 2.78 bits per heavy atom. The molecule has 0 bridgehead atoms. The fourth-order valence-corrected chi connectivity index (χ4v) is 2.76. The summed E-state index contributed by atoms with van der Waals surface area (Å²) in [5, 5.41) is 9.30. The molecule has 0 radical (unpaired) electrons. The Morgan fingerprint density at radius 1 is 1.44 bits per heavy atom. The Balaban J connectivity index is 2.41. The van der Waals surface area contributed by atoms with Crippen molar-refractivity contribution in [2.24, 2.45) is 11.7 Å². The van der Waals surface area contributed by atoms with E-state index in [0.29, 0.717) is 11.5 Å². The van der Waals surface area contributed by atoms with Crippen molar-refractivity contribution in [1.82, 2.24) is 4.98 Å². The van der Waals surface area contributed by atoms with Crippen LogP contribution in [0.3, 0.4) is 0 Å². The second-order valence-electron chi connectivity index (χ2n) is 5.40. The molecule has 4 heteroatoms. The quantitative estimate of drug-likeness (QED) is 0.817. The maximum absolute atomic E-state index is 9.30. The van der Waals surface area contributed by atoms with Gasteiger partial charge in [0.1, 0.15) is 11.9 Å². The Bertz CT molecular complexity index is 479. The second-order valence-corrected chi connectivity index (χ2v) is 5.40. The molecule has 1 fully saturated rings. The van der Waals surface area contributed by atoms with Crippen LogP contribution in [0.1, 0.15) is 30.2 Å². The van der Waals surface area contributed by atoms with E-state index in [1.807, 2.05) is 19.9 Å². The van der Waals surface area contributed by atoms with Crippen LogP contribution >= 0.6 is 0 Å². The van der Waals surface area contributed by atoms with Crippen LogP contribution < -0.4 is 10.6 Å². The van der Waals surface area contributed by atoms with Crippen LogP contribution in [0.25, 0.3) is 0 Å². The molecule has 1 saturated heterocycles. The van der Waals surface area contributed by atoms with Gasteiger partial charge in [-0.25, -0.2) is 4.98 Å². The third-order valence-corrected chi connectivity index (χ3v) is 3.43. The minimum atomic E-state index is 0.169. The molecule has 1 aliphatic rings. The molecule has 2 atom stereocenters. The summed E-state index contributed by atoms with van der Waals surface area (Å²) >= 11 is 0. The SMILES string of the molecule is Cc1cc(C)c(C#N)c(N2CC(C)CC(N)C2)n1. The zero-order valence-corrected chi connectivity index (χ0v) is 11.3. The van der Waals surface area contributed by atoms with Gasteiger partial charge in [0, 0.05) is 24.8 Å². The lowest BCUT2D eigenvalue weighted by atomic mass is 9.96. The molecule has 4 nitrogen and oxygen atoms in total. The number of nitrogens with two attached hydrogens (primary N) is 1. The molecule has 2 rings (SSSR count). The van der Waals surface area contributed by atoms with Gasteiger partial charge in [0.15, 0.2) is 0 Å². The van der Waals surface area contributed by atoms with E-state index in [0.717, 1.165) is 36.6 Å². The van der Waals surface area contributed by atoms with Crippen molar-refractivity contribution in [3.05, 3.63) is 22.9 Å². The number of piperidine rings is 1. The highest BCUT2D eigenvalue weighted by atomic mass is 15.2. The summed E-state index contributed by atoms with van der Waals surface area (Å²) in [4.78, 5) is 6.71. The van der Waals surface area contributed by atoms with Crippen LogP contribution in [-0.2, 0) is 0 Å². The van der Waals surface area contributed by atoms with Crippen LogP contribution in [0.5, 0.6) is 0 Å². The van der Waals surface area contributed by atoms with E-state index in [1.165, 1.54) is 0 Å². The highest BCUT2D eigenvalue weighted by Crippen LogP contribution is 2.26. The van der Waals surface area contributed by atoms with Crippen LogP contribution in [0.2, 0.25) is 0 Å². The monoisotopic (exact) mass is 244 g/mol. The lowest BCUT2D eigenvalue weighted by Gasteiger charge is -2.36. The highest BCUT2D eigenvalue weighted by Gasteiger charge is 2.25. The normalized spacial score (nSPS) is 23.8. The molecule has 2 N–H and O–H groups in total. The van der Waals surface area contributed by atoms with Crippen LogP contribution in [0, 0.1) is 31.1 Å². The number of nitriles is 1. The number of pyridine rings is 1. The number of hydrogen-bond acceptors (Lipinski definition) is 4. The molecule has 0 aliphatic carbocycles. The van der Waals surface area contributed by atoms with E-state index in [4.69, 9.17) is 5.73 Å². The molecule has 0 aromatic carbocycles. The van der Waals surface area contributed by atoms with Gasteiger partial charge in [-0.1, -0.05) is 6.92 Å². The predicted octanol–water partition coefficient (Wildman–Crippen LogP) is 1.74. The van der Waals surface area contributed by atoms with Gasteiger partial charge < -0.3 is 10.6 Å². The van der Waals surface area contributed by atoms with Gasteiger partial charge in [-0.2, -0.15) is 5.26 Å². The minimum absolute atomic E-state index is 0.169. The number of aryl methyl sites for hydroxylation is 2. The fourth-order valence-electron chi connectivity index (χ4n) is 2.76. The molecule has 1 aromatic heterocycles. The van der Waals surface area contributed by atoms with Crippen molar-refractivity contribution in [3.63, 3.8) is 0 Å². The molecular formula is C14H20N4. The first-order valence-corrected chi connectivity index (χ1v) is 6.40. The van der Waals surface area contributed by atoms with E-state index in [9.17, 15) is 5.26 Å². The van der Waals surface area contributed by atoms with Gasteiger partial charge in [0.2, 0.25) is 0 Å². The molecule has 0 spiro atoms. The van der Waals surface area contributed by atoms with E-state index >= 15 is 0 Å². The van der Waals surface area contributed by atoms with Gasteiger partial charge in [0.25, 0.3) is 0 Å². The molecule has 2 unspecified atom stereocenters. The van der Waals surface area contributed by atoms with Gasteiger partial charge in [-0.05, 0) is 37.8 Å². The molecule has 1 aliphatic heterocycles. The Kier molecular flexibility index (Phi) is 3.53. The van der Waals surface area contributed by atoms with Crippen molar-refractivity contribution in [2.75, 3.05) is 18.0 Å². The molecule has 2 heterocycles. The zero-order chi connectivity index (χ0) is 13.3. The Labute approximate surface area is 108 Å². The molecular weight excluding hydrogens is 224 g/mol. The lowest BCUT2D eigenvalue weighted by molar-refractivity contribution is 0.399. The van der Waals surface area contributed by atoms with E-state index in [2.05, 4.69) is 22.9 Å². The average molecular weight is 244 g/mol.